The zero-order valence-corrected chi connectivity index (χ0v) is 7.52. The monoisotopic (exact) mass is 179 g/mol. The van der Waals surface area contributed by atoms with E-state index in [1.54, 1.807) is 6.33 Å². The van der Waals surface area contributed by atoms with E-state index in [2.05, 4.69) is 10.1 Å². The lowest BCUT2D eigenvalue weighted by Crippen LogP contribution is -2.19. The summed E-state index contributed by atoms with van der Waals surface area (Å²) in [5.41, 5.74) is 0. The zero-order valence-electron chi connectivity index (χ0n) is 7.52. The molecule has 70 valence electrons. The molecule has 0 amide bonds. The molecule has 0 N–H and O–H groups in total. The highest BCUT2D eigenvalue weighted by Crippen LogP contribution is 2.22. The second-order valence-corrected chi connectivity index (χ2v) is 3.62. The van der Waals surface area contributed by atoms with Gasteiger partial charge in [0.05, 0.1) is 0 Å². The van der Waals surface area contributed by atoms with Gasteiger partial charge < -0.3 is 0 Å². The van der Waals surface area contributed by atoms with Crippen LogP contribution in [0.1, 0.15) is 25.7 Å². The molecule has 0 bridgehead atoms. The van der Waals surface area contributed by atoms with Crippen molar-refractivity contribution >= 4 is 5.78 Å². The molecule has 1 fully saturated rings. The third kappa shape index (κ3) is 2.14. The third-order valence-corrected chi connectivity index (χ3v) is 2.50. The smallest absolute Gasteiger partial charge is 0.137 e. The molecule has 1 aliphatic rings. The van der Waals surface area contributed by atoms with Crippen molar-refractivity contribution in [1.82, 2.24) is 14.8 Å². The molecule has 0 aromatic carbocycles. The number of carbonyl (C=O) groups excluding carboxylic acids is 1. The molecule has 0 aliphatic heterocycles. The zero-order chi connectivity index (χ0) is 9.10. The first kappa shape index (κ1) is 8.41. The quantitative estimate of drug-likeness (QED) is 0.681. The molecule has 4 nitrogen and oxygen atoms in total. The van der Waals surface area contributed by atoms with Gasteiger partial charge in [-0.1, -0.05) is 0 Å². The predicted molar refractivity (Wildman–Crippen MR) is 47.0 cm³/mol. The molecule has 0 radical (unpaired) electrons. The summed E-state index contributed by atoms with van der Waals surface area (Å²) >= 11 is 0. The first-order valence-electron chi connectivity index (χ1n) is 4.68. The van der Waals surface area contributed by atoms with Gasteiger partial charge in [0.15, 0.2) is 0 Å². The average Bonchev–Trinajstić information content (AvgIpc) is 2.57. The minimum atomic E-state index is 0.399. The highest BCUT2D eigenvalue weighted by molar-refractivity contribution is 5.79. The Morgan fingerprint density at radius 2 is 2.54 bits per heavy atom. The molecule has 1 aromatic rings. The van der Waals surface area contributed by atoms with E-state index in [0.717, 1.165) is 32.2 Å². The predicted octanol–water partition coefficient (Wildman–Crippen LogP) is 1.04. The summed E-state index contributed by atoms with van der Waals surface area (Å²) in [6.45, 7) is 0.839. The maximum atomic E-state index is 11.2. The van der Waals surface area contributed by atoms with Crippen molar-refractivity contribution in [2.24, 2.45) is 5.92 Å². The maximum Gasteiger partial charge on any atom is 0.137 e. The van der Waals surface area contributed by atoms with Crippen molar-refractivity contribution in [1.29, 1.82) is 0 Å². The summed E-state index contributed by atoms with van der Waals surface area (Å²) < 4.78 is 1.81. The number of hydrogen-bond acceptors (Lipinski definition) is 3. The van der Waals surface area contributed by atoms with Crippen LogP contribution >= 0.6 is 0 Å². The minimum absolute atomic E-state index is 0.399. The fraction of sp³-hybridized carbons (Fsp3) is 0.667. The van der Waals surface area contributed by atoms with Crippen LogP contribution < -0.4 is 0 Å². The van der Waals surface area contributed by atoms with E-state index in [4.69, 9.17) is 0 Å². The van der Waals surface area contributed by atoms with Crippen LogP contribution in [0, 0.1) is 5.92 Å². The van der Waals surface area contributed by atoms with E-state index >= 15 is 0 Å². The summed E-state index contributed by atoms with van der Waals surface area (Å²) in [4.78, 5) is 15.0. The van der Waals surface area contributed by atoms with Crippen molar-refractivity contribution in [3.8, 4) is 0 Å². The second-order valence-electron chi connectivity index (χ2n) is 3.62. The number of rotatable bonds is 2. The third-order valence-electron chi connectivity index (χ3n) is 2.50. The fourth-order valence-corrected chi connectivity index (χ4v) is 1.86. The first-order chi connectivity index (χ1) is 6.34. The van der Waals surface area contributed by atoms with Crippen molar-refractivity contribution in [3.63, 3.8) is 0 Å². The van der Waals surface area contributed by atoms with Crippen molar-refractivity contribution in [3.05, 3.63) is 12.7 Å². The van der Waals surface area contributed by atoms with Crippen molar-refractivity contribution in [2.75, 3.05) is 0 Å². The Hall–Kier alpha value is -1.19. The number of nitrogens with zero attached hydrogens (tertiary/aromatic N) is 3. The molecular weight excluding hydrogens is 166 g/mol. The lowest BCUT2D eigenvalue weighted by atomic mass is 9.88. The van der Waals surface area contributed by atoms with Gasteiger partial charge in [0.1, 0.15) is 18.4 Å². The maximum absolute atomic E-state index is 11.2. The van der Waals surface area contributed by atoms with E-state index in [1.165, 1.54) is 6.33 Å². The Morgan fingerprint density at radius 1 is 1.62 bits per heavy atom. The van der Waals surface area contributed by atoms with E-state index in [-0.39, 0.29) is 0 Å². The van der Waals surface area contributed by atoms with Gasteiger partial charge in [-0.3, -0.25) is 9.48 Å². The molecule has 1 heterocycles. The van der Waals surface area contributed by atoms with Gasteiger partial charge in [0, 0.05) is 19.4 Å². The molecule has 2 rings (SSSR count). The number of carbonyl (C=O) groups is 1. The van der Waals surface area contributed by atoms with E-state index in [1.807, 2.05) is 4.68 Å². The van der Waals surface area contributed by atoms with Gasteiger partial charge in [-0.05, 0) is 18.8 Å². The first-order valence-corrected chi connectivity index (χ1v) is 4.68. The summed E-state index contributed by atoms with van der Waals surface area (Å²) in [5.74, 6) is 0.874. The van der Waals surface area contributed by atoms with Gasteiger partial charge in [-0.25, -0.2) is 4.98 Å². The van der Waals surface area contributed by atoms with Crippen LogP contribution in [0.15, 0.2) is 12.7 Å². The molecule has 1 aliphatic carbocycles. The largest absolute Gasteiger partial charge is 0.300 e. The van der Waals surface area contributed by atoms with E-state index < -0.39 is 0 Å². The lowest BCUT2D eigenvalue weighted by molar-refractivity contribution is -0.121. The summed E-state index contributed by atoms with van der Waals surface area (Å²) in [6.07, 6.45) is 6.92. The second kappa shape index (κ2) is 3.68. The number of Topliss-reactive ketones (excluding diaryl/α,β-unsaturated/α-hetero) is 1. The Kier molecular flexibility index (Phi) is 2.38. The number of aromatic nitrogens is 3. The van der Waals surface area contributed by atoms with Crippen LogP contribution in [-0.4, -0.2) is 20.5 Å². The van der Waals surface area contributed by atoms with Crippen molar-refractivity contribution in [2.45, 2.75) is 32.2 Å². The Labute approximate surface area is 77.0 Å². The molecule has 1 atom stereocenters. The summed E-state index contributed by atoms with van der Waals surface area (Å²) in [6, 6.07) is 0. The molecule has 1 saturated carbocycles. The average molecular weight is 179 g/mol. The Bertz CT molecular complexity index is 281. The highest BCUT2D eigenvalue weighted by Gasteiger charge is 2.19. The van der Waals surface area contributed by atoms with Crippen LogP contribution in [0.5, 0.6) is 0 Å². The Morgan fingerprint density at radius 3 is 3.23 bits per heavy atom. The van der Waals surface area contributed by atoms with Crippen LogP contribution in [0.3, 0.4) is 0 Å². The van der Waals surface area contributed by atoms with Gasteiger partial charge in [-0.2, -0.15) is 5.10 Å². The summed E-state index contributed by atoms with van der Waals surface area (Å²) in [5, 5.41) is 4.03. The Balaban J connectivity index is 1.91. The van der Waals surface area contributed by atoms with Gasteiger partial charge in [0.2, 0.25) is 0 Å². The van der Waals surface area contributed by atoms with E-state index in [9.17, 15) is 4.79 Å². The van der Waals surface area contributed by atoms with Crippen LogP contribution in [0.2, 0.25) is 0 Å². The molecule has 0 unspecified atom stereocenters. The molecule has 4 heteroatoms. The molecule has 0 spiro atoms. The lowest BCUT2D eigenvalue weighted by Gasteiger charge is -2.19. The molecule has 1 aromatic heterocycles. The van der Waals surface area contributed by atoms with Crippen molar-refractivity contribution < 1.29 is 4.79 Å². The summed E-state index contributed by atoms with van der Waals surface area (Å²) in [7, 11) is 0. The van der Waals surface area contributed by atoms with Crippen LogP contribution in [0.4, 0.5) is 0 Å². The highest BCUT2D eigenvalue weighted by atomic mass is 16.1. The minimum Gasteiger partial charge on any atom is -0.300 e. The standard InChI is InChI=1S/C9H13N3O/c13-9-3-1-2-8(4-9)5-12-7-10-6-11-12/h6-8H,1-5H2/t8-/m0/s1. The van der Waals surface area contributed by atoms with E-state index in [0.29, 0.717) is 11.7 Å². The molecular formula is C9H13N3O. The van der Waals surface area contributed by atoms with Gasteiger partial charge in [-0.15, -0.1) is 0 Å². The number of hydrogen-bond donors (Lipinski definition) is 0. The normalized spacial score (nSPS) is 23.4. The van der Waals surface area contributed by atoms with Gasteiger partial charge >= 0.3 is 0 Å². The number of ketones is 1. The molecule has 0 saturated heterocycles. The van der Waals surface area contributed by atoms with Crippen LogP contribution in [-0.2, 0) is 11.3 Å². The van der Waals surface area contributed by atoms with Gasteiger partial charge in [0.25, 0.3) is 0 Å². The fourth-order valence-electron chi connectivity index (χ4n) is 1.86. The SMILES string of the molecule is O=C1CCC[C@H](Cn2cncn2)C1. The molecule has 13 heavy (non-hydrogen) atoms. The topological polar surface area (TPSA) is 47.8 Å². The van der Waals surface area contributed by atoms with Crippen LogP contribution in [0.25, 0.3) is 0 Å².